The van der Waals surface area contributed by atoms with Crippen LogP contribution in [0.1, 0.15) is 6.42 Å². The van der Waals surface area contributed by atoms with Gasteiger partial charge in [0.05, 0.1) is 0 Å². The third-order valence-electron chi connectivity index (χ3n) is 2.67. The molecule has 0 bridgehead atoms. The van der Waals surface area contributed by atoms with Gasteiger partial charge in [-0.05, 0) is 12.5 Å². The number of hydrogen-bond acceptors (Lipinski definition) is 4. The van der Waals surface area contributed by atoms with Crippen molar-refractivity contribution in [2.24, 2.45) is 0 Å². The normalized spacial score (nSPS) is 14.9. The van der Waals surface area contributed by atoms with Gasteiger partial charge >= 0.3 is 0 Å². The highest BCUT2D eigenvalue weighted by atomic mass is 16.1. The van der Waals surface area contributed by atoms with Gasteiger partial charge in [-0.3, -0.25) is 9.89 Å². The average molecular weight is 217 g/mol. The monoisotopic (exact) mass is 217 g/mol. The molecule has 1 fully saturated rings. The Kier molecular flexibility index (Phi) is 1.99. The van der Waals surface area contributed by atoms with Gasteiger partial charge in [0.25, 0.3) is 0 Å². The Morgan fingerprint density at radius 3 is 2.81 bits per heavy atom. The van der Waals surface area contributed by atoms with E-state index in [0.29, 0.717) is 5.82 Å². The predicted octanol–water partition coefficient (Wildman–Crippen LogP) is 0.370. The molecule has 0 spiro atoms. The number of aromatic nitrogens is 4. The van der Waals surface area contributed by atoms with Crippen LogP contribution in [-0.4, -0.2) is 33.3 Å². The molecule has 0 atom stereocenters. The summed E-state index contributed by atoms with van der Waals surface area (Å²) < 4.78 is 0. The zero-order chi connectivity index (χ0) is 11.0. The number of nitrogens with one attached hydrogen (secondary N) is 2. The lowest BCUT2D eigenvalue weighted by Crippen LogP contribution is -2.37. The molecule has 0 saturated carbocycles. The van der Waals surface area contributed by atoms with Crippen molar-refractivity contribution in [3.8, 4) is 11.4 Å². The summed E-state index contributed by atoms with van der Waals surface area (Å²) in [6.45, 7) is 2.03. The van der Waals surface area contributed by atoms with Crippen LogP contribution < -0.4 is 10.5 Å². The molecule has 0 radical (unpaired) electrons. The Hall–Kier alpha value is -2.11. The van der Waals surface area contributed by atoms with Crippen molar-refractivity contribution in [1.29, 1.82) is 0 Å². The smallest absolute Gasteiger partial charge is 0.247 e. The van der Waals surface area contributed by atoms with E-state index in [1.54, 1.807) is 12.3 Å². The molecule has 0 amide bonds. The van der Waals surface area contributed by atoms with Gasteiger partial charge in [0.1, 0.15) is 0 Å². The van der Waals surface area contributed by atoms with E-state index >= 15 is 0 Å². The van der Waals surface area contributed by atoms with Crippen molar-refractivity contribution in [3.63, 3.8) is 0 Å². The zero-order valence-electron chi connectivity index (χ0n) is 8.60. The summed E-state index contributed by atoms with van der Waals surface area (Å²) in [5.74, 6) is 1.41. The minimum absolute atomic E-state index is 0.119. The van der Waals surface area contributed by atoms with Crippen molar-refractivity contribution in [2.75, 3.05) is 18.0 Å². The number of H-pyrrole nitrogens is 2. The summed E-state index contributed by atoms with van der Waals surface area (Å²) in [6, 6.07) is 3.19. The van der Waals surface area contributed by atoms with Crippen molar-refractivity contribution in [1.82, 2.24) is 20.2 Å². The number of nitrogens with zero attached hydrogens (tertiary/aromatic N) is 3. The topological polar surface area (TPSA) is 77.7 Å². The highest BCUT2D eigenvalue weighted by Gasteiger charge is 2.18. The Morgan fingerprint density at radius 2 is 2.19 bits per heavy atom. The average Bonchev–Trinajstić information content (AvgIpc) is 2.65. The van der Waals surface area contributed by atoms with Crippen LogP contribution in [0.3, 0.4) is 0 Å². The number of aromatic amines is 2. The van der Waals surface area contributed by atoms with E-state index < -0.39 is 0 Å². The summed E-state index contributed by atoms with van der Waals surface area (Å²) in [5.41, 5.74) is 0.713. The second-order valence-electron chi connectivity index (χ2n) is 3.77. The maximum absolute atomic E-state index is 10.9. The maximum Gasteiger partial charge on any atom is 0.247 e. The number of pyridine rings is 1. The second kappa shape index (κ2) is 3.48. The van der Waals surface area contributed by atoms with Crippen LogP contribution in [-0.2, 0) is 0 Å². The van der Waals surface area contributed by atoms with Crippen LogP contribution in [0.25, 0.3) is 11.4 Å². The summed E-state index contributed by atoms with van der Waals surface area (Å²) in [4.78, 5) is 20.0. The fraction of sp³-hybridized carbons (Fsp3) is 0.300. The van der Waals surface area contributed by atoms with Gasteiger partial charge in [-0.15, -0.1) is 5.10 Å². The quantitative estimate of drug-likeness (QED) is 0.761. The molecule has 0 aromatic carbocycles. The first kappa shape index (κ1) is 9.14. The SMILES string of the molecule is O=c1ccc(-c2nc(N3CCC3)n[nH]2)c[nH]1. The predicted molar refractivity (Wildman–Crippen MR) is 59.3 cm³/mol. The van der Waals surface area contributed by atoms with E-state index in [1.807, 2.05) is 0 Å². The first-order chi connectivity index (χ1) is 7.83. The summed E-state index contributed by atoms with van der Waals surface area (Å²) in [5, 5.41) is 7.00. The Morgan fingerprint density at radius 1 is 1.31 bits per heavy atom. The molecular weight excluding hydrogens is 206 g/mol. The number of anilines is 1. The molecule has 3 rings (SSSR count). The largest absolute Gasteiger partial charge is 0.339 e. The van der Waals surface area contributed by atoms with Gasteiger partial charge in [0.15, 0.2) is 5.82 Å². The van der Waals surface area contributed by atoms with Gasteiger partial charge in [0.2, 0.25) is 11.5 Å². The molecule has 2 aromatic rings. The van der Waals surface area contributed by atoms with Crippen LogP contribution in [0.2, 0.25) is 0 Å². The van der Waals surface area contributed by atoms with Crippen molar-refractivity contribution in [3.05, 3.63) is 28.7 Å². The van der Waals surface area contributed by atoms with Crippen LogP contribution >= 0.6 is 0 Å². The Bertz CT molecular complexity index is 534. The molecule has 2 aromatic heterocycles. The fourth-order valence-corrected chi connectivity index (χ4v) is 1.60. The molecule has 82 valence electrons. The Labute approximate surface area is 91.3 Å². The molecule has 1 saturated heterocycles. The fourth-order valence-electron chi connectivity index (χ4n) is 1.60. The zero-order valence-corrected chi connectivity index (χ0v) is 8.60. The lowest BCUT2D eigenvalue weighted by atomic mass is 10.2. The number of hydrogen-bond donors (Lipinski definition) is 2. The van der Waals surface area contributed by atoms with Crippen LogP contribution in [0, 0.1) is 0 Å². The molecular formula is C10H11N5O. The number of rotatable bonds is 2. The molecule has 1 aliphatic heterocycles. The molecule has 6 heteroatoms. The van der Waals surface area contributed by atoms with Crippen molar-refractivity contribution >= 4 is 5.95 Å². The van der Waals surface area contributed by atoms with E-state index in [-0.39, 0.29) is 5.56 Å². The summed E-state index contributed by atoms with van der Waals surface area (Å²) in [6.07, 6.45) is 2.82. The van der Waals surface area contributed by atoms with E-state index in [9.17, 15) is 4.79 Å². The first-order valence-corrected chi connectivity index (χ1v) is 5.19. The third kappa shape index (κ3) is 1.48. The van der Waals surface area contributed by atoms with E-state index in [2.05, 4.69) is 25.1 Å². The van der Waals surface area contributed by atoms with Gasteiger partial charge in [-0.1, -0.05) is 0 Å². The minimum Gasteiger partial charge on any atom is -0.339 e. The van der Waals surface area contributed by atoms with E-state index in [1.165, 1.54) is 12.5 Å². The Balaban J connectivity index is 1.91. The standard InChI is InChI=1S/C10H11N5O/c16-8-3-2-7(6-11-8)9-12-10(14-13-9)15-4-1-5-15/h2-3,6H,1,4-5H2,(H,11,16)(H,12,13,14). The molecule has 0 aliphatic carbocycles. The van der Waals surface area contributed by atoms with Crippen LogP contribution in [0.4, 0.5) is 5.95 Å². The second-order valence-corrected chi connectivity index (χ2v) is 3.77. The molecule has 1 aliphatic rings. The van der Waals surface area contributed by atoms with Gasteiger partial charge in [-0.2, -0.15) is 4.98 Å². The van der Waals surface area contributed by atoms with Gasteiger partial charge < -0.3 is 9.88 Å². The van der Waals surface area contributed by atoms with Crippen LogP contribution in [0.15, 0.2) is 23.1 Å². The van der Waals surface area contributed by atoms with E-state index in [0.717, 1.165) is 24.6 Å². The van der Waals surface area contributed by atoms with Gasteiger partial charge in [0, 0.05) is 30.9 Å². The maximum atomic E-state index is 10.9. The third-order valence-corrected chi connectivity index (χ3v) is 2.67. The molecule has 2 N–H and O–H groups in total. The first-order valence-electron chi connectivity index (χ1n) is 5.19. The summed E-state index contributed by atoms with van der Waals surface area (Å²) in [7, 11) is 0. The van der Waals surface area contributed by atoms with E-state index in [4.69, 9.17) is 0 Å². The lowest BCUT2D eigenvalue weighted by Gasteiger charge is -2.29. The summed E-state index contributed by atoms with van der Waals surface area (Å²) >= 11 is 0. The minimum atomic E-state index is -0.119. The molecule has 16 heavy (non-hydrogen) atoms. The van der Waals surface area contributed by atoms with Crippen molar-refractivity contribution < 1.29 is 0 Å². The molecule has 0 unspecified atom stereocenters. The van der Waals surface area contributed by atoms with Crippen molar-refractivity contribution in [2.45, 2.75) is 6.42 Å². The highest BCUT2D eigenvalue weighted by Crippen LogP contribution is 2.19. The van der Waals surface area contributed by atoms with Crippen LogP contribution in [0.5, 0.6) is 0 Å². The molecule has 3 heterocycles. The lowest BCUT2D eigenvalue weighted by molar-refractivity contribution is 0.601. The highest BCUT2D eigenvalue weighted by molar-refractivity contribution is 5.54. The van der Waals surface area contributed by atoms with Gasteiger partial charge in [-0.25, -0.2) is 0 Å². The molecule has 6 nitrogen and oxygen atoms in total.